The van der Waals surface area contributed by atoms with Crippen LogP contribution in [-0.2, 0) is 35.0 Å². The van der Waals surface area contributed by atoms with Gasteiger partial charge in [0.1, 0.15) is 12.1 Å². The first-order chi connectivity index (χ1) is 18.4. The summed E-state index contributed by atoms with van der Waals surface area (Å²) in [6, 6.07) is 3.73. The summed E-state index contributed by atoms with van der Waals surface area (Å²) >= 11 is 0. The molecular weight excluding hydrogens is 510 g/mol. The smallest absolute Gasteiger partial charge is 0.468 e. The van der Waals surface area contributed by atoms with E-state index >= 15 is 0 Å². The lowest BCUT2D eigenvalue weighted by molar-refractivity contribution is -0.147. The summed E-state index contributed by atoms with van der Waals surface area (Å²) in [7, 11) is 1.26. The second-order valence-electron chi connectivity index (χ2n) is 9.89. The van der Waals surface area contributed by atoms with Crippen molar-refractivity contribution in [3.8, 4) is 11.5 Å². The summed E-state index contributed by atoms with van der Waals surface area (Å²) in [5.41, 5.74) is 0.571. The van der Waals surface area contributed by atoms with E-state index in [1.54, 1.807) is 19.9 Å². The molecule has 0 spiro atoms. The van der Waals surface area contributed by atoms with Crippen molar-refractivity contribution in [1.29, 1.82) is 0 Å². The Morgan fingerprint density at radius 1 is 0.846 bits per heavy atom. The highest BCUT2D eigenvalue weighted by molar-refractivity contribution is 5.76. The summed E-state index contributed by atoms with van der Waals surface area (Å²) in [5.74, 6) is -0.326. The van der Waals surface area contributed by atoms with Gasteiger partial charge in [0.2, 0.25) is 0 Å². The first kappa shape index (κ1) is 33.7. The summed E-state index contributed by atoms with van der Waals surface area (Å²) in [6.07, 6.45) is -0.670. The normalized spacial score (nSPS) is 12.4. The van der Waals surface area contributed by atoms with Gasteiger partial charge in [-0.3, -0.25) is 9.59 Å². The quantitative estimate of drug-likeness (QED) is 0.171. The fraction of sp³-hybridized carbons (Fsp3) is 0.643. The van der Waals surface area contributed by atoms with E-state index in [0.29, 0.717) is 30.2 Å². The van der Waals surface area contributed by atoms with E-state index in [0.717, 1.165) is 0 Å². The Bertz CT molecular complexity index is 931. The largest absolute Gasteiger partial charge is 0.513 e. The topological polar surface area (TPSA) is 136 Å². The van der Waals surface area contributed by atoms with Crippen molar-refractivity contribution >= 4 is 24.2 Å². The molecule has 0 aliphatic heterocycles. The third-order valence-electron chi connectivity index (χ3n) is 5.42. The summed E-state index contributed by atoms with van der Waals surface area (Å²) in [6.45, 7) is 11.9. The van der Waals surface area contributed by atoms with E-state index in [1.807, 2.05) is 27.7 Å². The molecule has 0 radical (unpaired) electrons. The predicted molar refractivity (Wildman–Crippen MR) is 143 cm³/mol. The fourth-order valence-corrected chi connectivity index (χ4v) is 3.11. The van der Waals surface area contributed by atoms with E-state index in [2.05, 4.69) is 5.32 Å². The van der Waals surface area contributed by atoms with E-state index in [9.17, 15) is 19.2 Å². The van der Waals surface area contributed by atoms with Crippen molar-refractivity contribution in [2.45, 2.75) is 79.4 Å². The van der Waals surface area contributed by atoms with E-state index in [-0.39, 0.29) is 50.1 Å². The van der Waals surface area contributed by atoms with E-state index in [4.69, 9.17) is 28.4 Å². The van der Waals surface area contributed by atoms with Gasteiger partial charge in [-0.1, -0.05) is 40.7 Å². The molecule has 0 aliphatic carbocycles. The number of carbonyl (C=O) groups excluding carboxylic acids is 4. The molecule has 2 atom stereocenters. The molecule has 1 unspecified atom stereocenters. The van der Waals surface area contributed by atoms with E-state index < -0.39 is 30.4 Å². The molecule has 1 rings (SSSR count). The Kier molecular flexibility index (Phi) is 15.6. The average molecular weight is 554 g/mol. The van der Waals surface area contributed by atoms with E-state index in [1.165, 1.54) is 19.2 Å². The van der Waals surface area contributed by atoms with Gasteiger partial charge in [-0.2, -0.15) is 0 Å². The van der Waals surface area contributed by atoms with Crippen molar-refractivity contribution in [3.63, 3.8) is 0 Å². The Balaban J connectivity index is 3.05. The maximum absolute atomic E-state index is 12.4. The first-order valence-corrected chi connectivity index (χ1v) is 13.3. The van der Waals surface area contributed by atoms with Crippen LogP contribution in [0.2, 0.25) is 0 Å². The number of nitrogens with one attached hydrogen (secondary N) is 1. The molecular formula is C28H43NO10. The number of ether oxygens (including phenoxy) is 6. The fourth-order valence-electron chi connectivity index (χ4n) is 3.11. The van der Waals surface area contributed by atoms with Gasteiger partial charge >= 0.3 is 24.2 Å². The number of methoxy groups -OCH3 is 1. The Labute approximate surface area is 230 Å². The van der Waals surface area contributed by atoms with Crippen LogP contribution in [0.15, 0.2) is 18.2 Å². The van der Waals surface area contributed by atoms with Crippen LogP contribution in [0.3, 0.4) is 0 Å². The molecule has 0 fully saturated rings. The molecule has 0 amide bonds. The molecule has 39 heavy (non-hydrogen) atoms. The van der Waals surface area contributed by atoms with Crippen LogP contribution in [0.1, 0.15) is 66.4 Å². The van der Waals surface area contributed by atoms with Gasteiger partial charge in [-0.05, 0) is 55.7 Å². The molecule has 0 aromatic heterocycles. The van der Waals surface area contributed by atoms with Crippen molar-refractivity contribution < 1.29 is 47.6 Å². The molecule has 11 heteroatoms. The molecule has 11 nitrogen and oxygen atoms in total. The number of rotatable bonds is 16. The van der Waals surface area contributed by atoms with Gasteiger partial charge < -0.3 is 33.7 Å². The minimum absolute atomic E-state index is 0.0446. The lowest BCUT2D eigenvalue weighted by atomic mass is 10.0. The van der Waals surface area contributed by atoms with Crippen molar-refractivity contribution in [2.75, 3.05) is 26.9 Å². The molecule has 0 saturated carbocycles. The number of hydrogen-bond acceptors (Lipinski definition) is 11. The Hall–Kier alpha value is -3.34. The second-order valence-corrected chi connectivity index (χ2v) is 9.89. The zero-order valence-electron chi connectivity index (χ0n) is 24.1. The van der Waals surface area contributed by atoms with Crippen molar-refractivity contribution in [3.05, 3.63) is 23.8 Å². The molecule has 0 bridgehead atoms. The van der Waals surface area contributed by atoms with Crippen LogP contribution >= 0.6 is 0 Å². The van der Waals surface area contributed by atoms with Gasteiger partial charge in [-0.25, -0.2) is 9.59 Å². The average Bonchev–Trinajstić information content (AvgIpc) is 2.86. The maximum atomic E-state index is 12.4. The first-order valence-electron chi connectivity index (χ1n) is 13.3. The number of hydrogen-bond donors (Lipinski definition) is 1. The Morgan fingerprint density at radius 3 is 1.92 bits per heavy atom. The molecule has 1 aromatic carbocycles. The van der Waals surface area contributed by atoms with Gasteiger partial charge in [0, 0.05) is 13.0 Å². The molecule has 1 aromatic rings. The van der Waals surface area contributed by atoms with Crippen LogP contribution in [0.4, 0.5) is 9.59 Å². The lowest BCUT2D eigenvalue weighted by Crippen LogP contribution is -2.43. The van der Waals surface area contributed by atoms with Gasteiger partial charge in [0.25, 0.3) is 0 Å². The van der Waals surface area contributed by atoms with Crippen LogP contribution in [-0.4, -0.2) is 63.3 Å². The zero-order chi connectivity index (χ0) is 29.4. The lowest BCUT2D eigenvalue weighted by Gasteiger charge is -2.20. The van der Waals surface area contributed by atoms with Gasteiger partial charge in [-0.15, -0.1) is 0 Å². The minimum atomic E-state index is -0.958. The van der Waals surface area contributed by atoms with Crippen molar-refractivity contribution in [2.24, 2.45) is 11.8 Å². The monoisotopic (exact) mass is 553 g/mol. The SMILES string of the molecule is CCC(=O)OC(C)CN[C@@H](Cc1ccc(OC(=O)OCCC(C)C)c(OC(=O)OCCC(C)C)c1)C(=O)OC. The maximum Gasteiger partial charge on any atom is 0.513 e. The number of esters is 2. The van der Waals surface area contributed by atoms with Crippen LogP contribution in [0, 0.1) is 11.8 Å². The third-order valence-corrected chi connectivity index (χ3v) is 5.42. The molecule has 0 saturated heterocycles. The minimum Gasteiger partial charge on any atom is -0.468 e. The summed E-state index contributed by atoms with van der Waals surface area (Å²) < 4.78 is 31.0. The molecule has 0 heterocycles. The van der Waals surface area contributed by atoms with Crippen LogP contribution in [0.25, 0.3) is 0 Å². The van der Waals surface area contributed by atoms with Gasteiger partial charge in [0.05, 0.1) is 20.3 Å². The molecule has 1 N–H and O–H groups in total. The summed E-state index contributed by atoms with van der Waals surface area (Å²) in [5, 5.41) is 3.04. The van der Waals surface area contributed by atoms with Crippen LogP contribution < -0.4 is 14.8 Å². The van der Waals surface area contributed by atoms with Gasteiger partial charge in [0.15, 0.2) is 11.5 Å². The summed E-state index contributed by atoms with van der Waals surface area (Å²) in [4.78, 5) is 48.5. The Morgan fingerprint density at radius 2 is 1.41 bits per heavy atom. The third kappa shape index (κ3) is 14.4. The standard InChI is InChI=1S/C28H43NO10/c1-8-25(30)37-20(6)17-29-22(26(31)34-7)15-21-9-10-23(38-27(32)35-13-11-18(2)3)24(16-21)39-28(33)36-14-12-19(4)5/h9-10,16,18-20,22,29H,8,11-15,17H2,1-7H3/t20?,22-/m0/s1. The number of carbonyl (C=O) groups is 4. The highest BCUT2D eigenvalue weighted by atomic mass is 16.7. The predicted octanol–water partition coefficient (Wildman–Crippen LogP) is 4.83. The highest BCUT2D eigenvalue weighted by Gasteiger charge is 2.23. The highest BCUT2D eigenvalue weighted by Crippen LogP contribution is 2.30. The number of benzene rings is 1. The molecule has 220 valence electrons. The van der Waals surface area contributed by atoms with Crippen LogP contribution in [0.5, 0.6) is 11.5 Å². The molecule has 0 aliphatic rings. The van der Waals surface area contributed by atoms with Crippen molar-refractivity contribution in [1.82, 2.24) is 5.32 Å². The second kappa shape index (κ2) is 18.0. The zero-order valence-corrected chi connectivity index (χ0v) is 24.1.